The average Bonchev–Trinajstić information content (AvgIpc) is 2.99. The summed E-state index contributed by atoms with van der Waals surface area (Å²) in [6.07, 6.45) is 4.32. The second-order valence-electron chi connectivity index (χ2n) is 6.25. The van der Waals surface area contributed by atoms with Crippen molar-refractivity contribution < 1.29 is 4.79 Å². The molecule has 0 fully saturated rings. The zero-order valence-electron chi connectivity index (χ0n) is 14.4. The van der Waals surface area contributed by atoms with Crippen LogP contribution in [0.1, 0.15) is 27.2 Å². The largest absolute Gasteiger partial charge is 0.399 e. The number of anilines is 1. The number of pyridine rings is 1. The summed E-state index contributed by atoms with van der Waals surface area (Å²) < 4.78 is 2.08. The molecule has 0 saturated carbocycles. The number of nitrogens with two attached hydrogens (primary N) is 1. The molecule has 2 aromatic heterocycles. The molecule has 26 heavy (non-hydrogen) atoms. The van der Waals surface area contributed by atoms with E-state index in [9.17, 15) is 4.79 Å². The summed E-state index contributed by atoms with van der Waals surface area (Å²) in [5.74, 6) is 6.32. The van der Waals surface area contributed by atoms with E-state index in [1.165, 1.54) is 0 Å². The first-order chi connectivity index (χ1) is 12.6. The third-order valence-electron chi connectivity index (χ3n) is 4.58. The van der Waals surface area contributed by atoms with Crippen LogP contribution in [-0.2, 0) is 13.5 Å². The van der Waals surface area contributed by atoms with Crippen molar-refractivity contribution in [1.82, 2.24) is 14.9 Å². The molecule has 5 nitrogen and oxygen atoms in total. The highest BCUT2D eigenvalue weighted by Crippen LogP contribution is 2.28. The van der Waals surface area contributed by atoms with Gasteiger partial charge in [0.2, 0.25) is 0 Å². The molecule has 1 aliphatic rings. The number of carbonyl (C=O) groups is 1. The second-order valence-corrected chi connectivity index (χ2v) is 6.25. The molecule has 0 bridgehead atoms. The number of nitrogen functional groups attached to an aromatic ring is 1. The van der Waals surface area contributed by atoms with Gasteiger partial charge in [-0.25, -0.2) is 0 Å². The Morgan fingerprint density at radius 1 is 1.19 bits per heavy atom. The van der Waals surface area contributed by atoms with Gasteiger partial charge in [0.15, 0.2) is 0 Å². The Morgan fingerprint density at radius 2 is 2.08 bits per heavy atom. The van der Waals surface area contributed by atoms with Crippen molar-refractivity contribution in [3.63, 3.8) is 0 Å². The van der Waals surface area contributed by atoms with Gasteiger partial charge in [0.25, 0.3) is 5.91 Å². The van der Waals surface area contributed by atoms with E-state index in [1.807, 2.05) is 43.4 Å². The molecule has 5 heteroatoms. The maximum atomic E-state index is 12.1. The van der Waals surface area contributed by atoms with Crippen LogP contribution in [0.25, 0.3) is 11.3 Å². The lowest BCUT2D eigenvalue weighted by Gasteiger charge is -2.14. The van der Waals surface area contributed by atoms with Gasteiger partial charge in [-0.15, -0.1) is 0 Å². The maximum absolute atomic E-state index is 12.1. The van der Waals surface area contributed by atoms with E-state index in [0.717, 1.165) is 40.1 Å². The van der Waals surface area contributed by atoms with Crippen LogP contribution in [0.5, 0.6) is 0 Å². The van der Waals surface area contributed by atoms with Crippen LogP contribution in [0.4, 0.5) is 5.69 Å². The van der Waals surface area contributed by atoms with Crippen molar-refractivity contribution in [3.05, 3.63) is 71.2 Å². The Labute approximate surface area is 151 Å². The van der Waals surface area contributed by atoms with Gasteiger partial charge in [-0.05, 0) is 30.3 Å². The summed E-state index contributed by atoms with van der Waals surface area (Å²) in [6, 6.07) is 11.3. The van der Waals surface area contributed by atoms with Gasteiger partial charge in [0.05, 0.1) is 16.8 Å². The molecule has 128 valence electrons. The lowest BCUT2D eigenvalue weighted by molar-refractivity contribution is 0.0945. The van der Waals surface area contributed by atoms with Crippen LogP contribution in [0.3, 0.4) is 0 Å². The Morgan fingerprint density at radius 3 is 2.88 bits per heavy atom. The van der Waals surface area contributed by atoms with Gasteiger partial charge < -0.3 is 15.6 Å². The van der Waals surface area contributed by atoms with Crippen LogP contribution >= 0.6 is 0 Å². The quantitative estimate of drug-likeness (QED) is 0.527. The Balaban J connectivity index is 1.80. The lowest BCUT2D eigenvalue weighted by atomic mass is 10.1. The molecule has 3 heterocycles. The predicted octanol–water partition coefficient (Wildman–Crippen LogP) is 2.36. The molecule has 0 spiro atoms. The number of aromatic nitrogens is 2. The highest BCUT2D eigenvalue weighted by atomic mass is 16.1. The van der Waals surface area contributed by atoms with Crippen LogP contribution in [0.2, 0.25) is 0 Å². The van der Waals surface area contributed by atoms with Crippen molar-refractivity contribution in [2.45, 2.75) is 6.42 Å². The lowest BCUT2D eigenvalue weighted by Crippen LogP contribution is -2.31. The van der Waals surface area contributed by atoms with Gasteiger partial charge in [0.1, 0.15) is 0 Å². The van der Waals surface area contributed by atoms with E-state index < -0.39 is 0 Å². The molecular formula is C21H18N4O. The number of carbonyl (C=O) groups excluding carboxylic acids is 1. The van der Waals surface area contributed by atoms with Crippen molar-refractivity contribution in [2.75, 3.05) is 12.3 Å². The summed E-state index contributed by atoms with van der Waals surface area (Å²) in [6.45, 7) is 0.668. The molecule has 1 amide bonds. The molecule has 0 radical (unpaired) electrons. The maximum Gasteiger partial charge on any atom is 0.253 e. The summed E-state index contributed by atoms with van der Waals surface area (Å²) >= 11 is 0. The molecule has 0 unspecified atom stereocenters. The Kier molecular flexibility index (Phi) is 3.94. The van der Waals surface area contributed by atoms with Crippen LogP contribution in [0, 0.1) is 11.8 Å². The number of benzene rings is 1. The molecular weight excluding hydrogens is 324 g/mol. The third kappa shape index (κ3) is 2.82. The SMILES string of the molecule is Cn1c(-c2ccncc2C#Cc2cccc(N)c2)cc2c1CCNC2=O. The molecule has 0 aliphatic carbocycles. The van der Waals surface area contributed by atoms with Crippen LogP contribution in [0.15, 0.2) is 48.8 Å². The second kappa shape index (κ2) is 6.41. The molecule has 3 aromatic rings. The number of amides is 1. The van der Waals surface area contributed by atoms with Gasteiger partial charge in [-0.3, -0.25) is 9.78 Å². The first kappa shape index (κ1) is 16.0. The van der Waals surface area contributed by atoms with Gasteiger partial charge in [0, 0.05) is 54.9 Å². The Bertz CT molecular complexity index is 1070. The fraction of sp³-hybridized carbons (Fsp3) is 0.143. The molecule has 3 N–H and O–H groups in total. The van der Waals surface area contributed by atoms with E-state index >= 15 is 0 Å². The molecule has 1 aliphatic heterocycles. The molecule has 1 aromatic carbocycles. The van der Waals surface area contributed by atoms with Crippen molar-refractivity contribution in [2.24, 2.45) is 7.05 Å². The number of hydrogen-bond acceptors (Lipinski definition) is 3. The fourth-order valence-corrected chi connectivity index (χ4v) is 3.26. The minimum absolute atomic E-state index is 0.0189. The first-order valence-corrected chi connectivity index (χ1v) is 8.42. The highest BCUT2D eigenvalue weighted by molar-refractivity contribution is 5.98. The topological polar surface area (TPSA) is 72.9 Å². The molecule has 0 saturated heterocycles. The standard InChI is InChI=1S/C21H18N4O/c1-25-19-8-10-24-21(26)18(19)12-20(25)17-7-9-23-13-15(17)6-5-14-3-2-4-16(22)11-14/h2-4,7,9,11-13H,8,10,22H2,1H3,(H,24,26). The minimum atomic E-state index is -0.0189. The van der Waals surface area contributed by atoms with E-state index in [-0.39, 0.29) is 5.91 Å². The summed E-state index contributed by atoms with van der Waals surface area (Å²) in [7, 11) is 1.99. The predicted molar refractivity (Wildman–Crippen MR) is 102 cm³/mol. The van der Waals surface area contributed by atoms with Crippen molar-refractivity contribution in [3.8, 4) is 23.1 Å². The van der Waals surface area contributed by atoms with Crippen molar-refractivity contribution in [1.29, 1.82) is 0 Å². The van der Waals surface area contributed by atoms with Crippen LogP contribution < -0.4 is 11.1 Å². The van der Waals surface area contributed by atoms with Crippen LogP contribution in [-0.4, -0.2) is 22.0 Å². The van der Waals surface area contributed by atoms with Crippen molar-refractivity contribution >= 4 is 11.6 Å². The van der Waals surface area contributed by atoms with E-state index in [4.69, 9.17) is 5.73 Å². The number of rotatable bonds is 1. The Hall–Kier alpha value is -3.52. The number of fused-ring (bicyclic) bond motifs is 1. The first-order valence-electron chi connectivity index (χ1n) is 8.42. The highest BCUT2D eigenvalue weighted by Gasteiger charge is 2.23. The zero-order chi connectivity index (χ0) is 18.1. The fourth-order valence-electron chi connectivity index (χ4n) is 3.26. The van der Waals surface area contributed by atoms with Gasteiger partial charge in [-0.1, -0.05) is 17.9 Å². The number of nitrogens with zero attached hydrogens (tertiary/aromatic N) is 2. The monoisotopic (exact) mass is 342 g/mol. The van der Waals surface area contributed by atoms with E-state index in [2.05, 4.69) is 26.7 Å². The van der Waals surface area contributed by atoms with Gasteiger partial charge in [-0.2, -0.15) is 0 Å². The smallest absolute Gasteiger partial charge is 0.253 e. The van der Waals surface area contributed by atoms with E-state index in [1.54, 1.807) is 12.4 Å². The summed E-state index contributed by atoms with van der Waals surface area (Å²) in [5.41, 5.74) is 11.9. The molecule has 0 atom stereocenters. The number of nitrogens with one attached hydrogen (secondary N) is 1. The van der Waals surface area contributed by atoms with E-state index in [0.29, 0.717) is 12.2 Å². The minimum Gasteiger partial charge on any atom is -0.399 e. The third-order valence-corrected chi connectivity index (χ3v) is 4.58. The zero-order valence-corrected chi connectivity index (χ0v) is 14.4. The summed E-state index contributed by atoms with van der Waals surface area (Å²) in [4.78, 5) is 16.3. The summed E-state index contributed by atoms with van der Waals surface area (Å²) in [5, 5.41) is 2.89. The van der Waals surface area contributed by atoms with Gasteiger partial charge >= 0.3 is 0 Å². The molecule has 4 rings (SSSR count). The number of hydrogen-bond donors (Lipinski definition) is 2. The normalized spacial score (nSPS) is 12.7. The average molecular weight is 342 g/mol.